The van der Waals surface area contributed by atoms with Crippen molar-refractivity contribution in [3.05, 3.63) is 62.4 Å². The number of aromatic nitrogens is 4. The van der Waals surface area contributed by atoms with Crippen LogP contribution in [0.2, 0.25) is 10.0 Å². The van der Waals surface area contributed by atoms with E-state index in [9.17, 15) is 22.4 Å². The van der Waals surface area contributed by atoms with E-state index in [2.05, 4.69) is 15.5 Å². The number of benzene rings is 1. The van der Waals surface area contributed by atoms with E-state index in [4.69, 9.17) is 23.2 Å². The molecule has 0 aliphatic heterocycles. The predicted molar refractivity (Wildman–Crippen MR) is 112 cm³/mol. The number of carbonyl (C=O) groups excluding carboxylic acids is 1. The van der Waals surface area contributed by atoms with Gasteiger partial charge in [0.2, 0.25) is 5.91 Å². The Hall–Kier alpha value is -2.59. The number of nitrogens with one attached hydrogen (secondary N) is 1. The molecule has 0 bridgehead atoms. The zero-order valence-corrected chi connectivity index (χ0v) is 18.8. The van der Waals surface area contributed by atoms with Crippen molar-refractivity contribution in [3.63, 3.8) is 0 Å². The molecule has 6 nitrogen and oxygen atoms in total. The van der Waals surface area contributed by atoms with Crippen LogP contribution in [0.5, 0.6) is 0 Å². The number of amides is 1. The molecule has 2 aromatic heterocycles. The van der Waals surface area contributed by atoms with E-state index in [0.29, 0.717) is 22.6 Å². The minimum Gasteiger partial charge on any atom is -0.323 e. The third kappa shape index (κ3) is 5.07. The number of alkyl halides is 3. The summed E-state index contributed by atoms with van der Waals surface area (Å²) in [6.45, 7) is 5.05. The maximum atomic E-state index is 13.3. The summed E-state index contributed by atoms with van der Waals surface area (Å²) >= 11 is 11.8. The summed E-state index contributed by atoms with van der Waals surface area (Å²) in [6, 6.07) is 4.06. The number of hydrogen-bond acceptors (Lipinski definition) is 3. The van der Waals surface area contributed by atoms with E-state index in [1.165, 1.54) is 19.1 Å². The molecule has 2 heterocycles. The largest absolute Gasteiger partial charge is 0.436 e. The molecule has 0 fully saturated rings. The Labute approximate surface area is 191 Å². The second kappa shape index (κ2) is 9.11. The lowest BCUT2D eigenvalue weighted by Crippen LogP contribution is -2.17. The lowest BCUT2D eigenvalue weighted by atomic mass is 10.2. The summed E-state index contributed by atoms with van der Waals surface area (Å²) in [5.74, 6) is -0.869. The smallest absolute Gasteiger partial charge is 0.323 e. The maximum Gasteiger partial charge on any atom is 0.436 e. The van der Waals surface area contributed by atoms with E-state index >= 15 is 0 Å². The van der Waals surface area contributed by atoms with Crippen molar-refractivity contribution >= 4 is 34.8 Å². The van der Waals surface area contributed by atoms with Crippen LogP contribution in [0.3, 0.4) is 0 Å². The van der Waals surface area contributed by atoms with E-state index in [-0.39, 0.29) is 30.2 Å². The maximum absolute atomic E-state index is 13.3. The van der Waals surface area contributed by atoms with Crippen LogP contribution in [0.1, 0.15) is 34.8 Å². The number of rotatable bonds is 6. The summed E-state index contributed by atoms with van der Waals surface area (Å²) in [7, 11) is 0. The van der Waals surface area contributed by atoms with Crippen LogP contribution in [0.4, 0.5) is 23.2 Å². The molecule has 0 aliphatic carbocycles. The number of hydrogen-bond donors (Lipinski definition) is 1. The molecule has 0 saturated carbocycles. The molecule has 172 valence electrons. The fraction of sp³-hybridized carbons (Fsp3) is 0.350. The second-order valence-electron chi connectivity index (χ2n) is 7.21. The number of aryl methyl sites for hydroxylation is 2. The van der Waals surface area contributed by atoms with Gasteiger partial charge in [0, 0.05) is 11.4 Å². The number of carbonyl (C=O) groups is 1. The van der Waals surface area contributed by atoms with Crippen LogP contribution in [-0.2, 0) is 24.1 Å². The van der Waals surface area contributed by atoms with Gasteiger partial charge in [0.05, 0.1) is 40.9 Å². The van der Waals surface area contributed by atoms with Crippen LogP contribution in [0.15, 0.2) is 18.2 Å². The summed E-state index contributed by atoms with van der Waals surface area (Å²) in [5.41, 5.74) is 1.29. The average molecular weight is 492 g/mol. The first-order valence-electron chi connectivity index (χ1n) is 9.46. The highest BCUT2D eigenvalue weighted by molar-refractivity contribution is 6.32. The summed E-state index contributed by atoms with van der Waals surface area (Å²) in [4.78, 5) is 12.4. The van der Waals surface area contributed by atoms with Gasteiger partial charge in [0.15, 0.2) is 5.69 Å². The first kappa shape index (κ1) is 24.1. The molecule has 3 rings (SSSR count). The van der Waals surface area contributed by atoms with Gasteiger partial charge >= 0.3 is 6.18 Å². The zero-order valence-electron chi connectivity index (χ0n) is 17.3. The standard InChI is InChI=1S/C20H19Cl2F4N5O/c1-10-18(12(3)31(28-10)9-13-4-5-14(23)8-15(13)21)27-16(32)6-7-30-11(2)17(22)19(29-30)20(24,25)26/h4-5,8H,6-7,9H2,1-3H3,(H,27,32). The minimum atomic E-state index is -4.68. The Bertz CT molecular complexity index is 1170. The van der Waals surface area contributed by atoms with Crippen molar-refractivity contribution in [1.82, 2.24) is 19.6 Å². The average Bonchev–Trinajstić information content (AvgIpc) is 3.13. The molecule has 1 N–H and O–H groups in total. The van der Waals surface area contributed by atoms with Gasteiger partial charge in [-0.2, -0.15) is 23.4 Å². The molecule has 32 heavy (non-hydrogen) atoms. The molecule has 0 spiro atoms. The first-order chi connectivity index (χ1) is 14.9. The van der Waals surface area contributed by atoms with Crippen molar-refractivity contribution < 1.29 is 22.4 Å². The highest BCUT2D eigenvalue weighted by Crippen LogP contribution is 2.35. The normalized spacial score (nSPS) is 11.8. The van der Waals surface area contributed by atoms with Crippen LogP contribution in [-0.4, -0.2) is 25.5 Å². The third-order valence-corrected chi connectivity index (χ3v) is 5.74. The van der Waals surface area contributed by atoms with Crippen molar-refractivity contribution in [2.24, 2.45) is 0 Å². The first-order valence-corrected chi connectivity index (χ1v) is 10.2. The number of nitrogens with zero attached hydrogens (tertiary/aromatic N) is 4. The zero-order chi connectivity index (χ0) is 23.8. The number of anilines is 1. The molecule has 1 aromatic carbocycles. The van der Waals surface area contributed by atoms with E-state index in [1.54, 1.807) is 24.6 Å². The molecule has 0 saturated heterocycles. The van der Waals surface area contributed by atoms with Crippen LogP contribution >= 0.6 is 23.2 Å². The Kier molecular flexibility index (Phi) is 6.85. The molecule has 0 unspecified atom stereocenters. The highest BCUT2D eigenvalue weighted by Gasteiger charge is 2.38. The van der Waals surface area contributed by atoms with Crippen LogP contribution < -0.4 is 5.32 Å². The SMILES string of the molecule is Cc1nn(Cc2ccc(F)cc2Cl)c(C)c1NC(=O)CCn1nc(C(F)(F)F)c(Cl)c1C. The topological polar surface area (TPSA) is 64.7 Å². The fourth-order valence-corrected chi connectivity index (χ4v) is 3.64. The molecule has 0 aliphatic rings. The molecular weight excluding hydrogens is 473 g/mol. The Balaban J connectivity index is 1.70. The number of halogens is 6. The lowest BCUT2D eigenvalue weighted by molar-refractivity contribution is -0.141. The Morgan fingerprint density at radius 2 is 1.78 bits per heavy atom. The molecule has 0 atom stereocenters. The van der Waals surface area contributed by atoms with Gasteiger partial charge in [-0.05, 0) is 38.5 Å². The van der Waals surface area contributed by atoms with Gasteiger partial charge in [-0.3, -0.25) is 14.2 Å². The lowest BCUT2D eigenvalue weighted by Gasteiger charge is -2.09. The molecule has 1 amide bonds. The fourth-order valence-electron chi connectivity index (χ4n) is 3.18. The van der Waals surface area contributed by atoms with Gasteiger partial charge < -0.3 is 5.32 Å². The predicted octanol–water partition coefficient (Wildman–Crippen LogP) is 5.55. The molecule has 12 heteroatoms. The molecular formula is C20H19Cl2F4N5O. The van der Waals surface area contributed by atoms with Gasteiger partial charge in [-0.1, -0.05) is 29.3 Å². The molecule has 3 aromatic rings. The quantitative estimate of drug-likeness (QED) is 0.460. The van der Waals surface area contributed by atoms with Gasteiger partial charge in [0.1, 0.15) is 5.82 Å². The third-order valence-electron chi connectivity index (χ3n) is 4.93. The second-order valence-corrected chi connectivity index (χ2v) is 7.99. The van der Waals surface area contributed by atoms with Crippen molar-refractivity contribution in [3.8, 4) is 0 Å². The Morgan fingerprint density at radius 3 is 2.38 bits per heavy atom. The van der Waals surface area contributed by atoms with Crippen LogP contribution in [0, 0.1) is 26.6 Å². The van der Waals surface area contributed by atoms with Gasteiger partial charge in [-0.25, -0.2) is 4.39 Å². The van der Waals surface area contributed by atoms with E-state index < -0.39 is 28.6 Å². The van der Waals surface area contributed by atoms with Crippen molar-refractivity contribution in [2.45, 2.75) is 46.5 Å². The van der Waals surface area contributed by atoms with Crippen molar-refractivity contribution in [1.29, 1.82) is 0 Å². The molecule has 0 radical (unpaired) electrons. The monoisotopic (exact) mass is 491 g/mol. The van der Waals surface area contributed by atoms with Gasteiger partial charge in [0.25, 0.3) is 0 Å². The summed E-state index contributed by atoms with van der Waals surface area (Å²) in [6.07, 6.45) is -4.80. The minimum absolute atomic E-state index is 0.0785. The van der Waals surface area contributed by atoms with Gasteiger partial charge in [-0.15, -0.1) is 0 Å². The highest BCUT2D eigenvalue weighted by atomic mass is 35.5. The summed E-state index contributed by atoms with van der Waals surface area (Å²) < 4.78 is 54.8. The van der Waals surface area contributed by atoms with E-state index in [0.717, 1.165) is 4.68 Å². The van der Waals surface area contributed by atoms with Crippen molar-refractivity contribution in [2.75, 3.05) is 5.32 Å². The van der Waals surface area contributed by atoms with E-state index in [1.807, 2.05) is 0 Å². The Morgan fingerprint density at radius 1 is 1.09 bits per heavy atom. The summed E-state index contributed by atoms with van der Waals surface area (Å²) in [5, 5.41) is 10.4. The van der Waals surface area contributed by atoms with Crippen LogP contribution in [0.25, 0.3) is 0 Å².